The number of carboxylic acid groups (broad SMARTS) is 1. The molecule has 2 amide bonds. The number of hydrogen-bond donors (Lipinski definition) is 3. The summed E-state index contributed by atoms with van der Waals surface area (Å²) in [6.45, 7) is 0. The van der Waals surface area contributed by atoms with Crippen LogP contribution in [0.4, 0.5) is 17.1 Å². The molecule has 0 aliphatic rings. The van der Waals surface area contributed by atoms with Crippen LogP contribution in [0.3, 0.4) is 0 Å². The van der Waals surface area contributed by atoms with E-state index in [4.69, 9.17) is 0 Å². The fraction of sp³-hybridized carbons (Fsp3) is 0.0357. The van der Waals surface area contributed by atoms with Crippen molar-refractivity contribution in [3.8, 4) is 0 Å². The zero-order valence-corrected chi connectivity index (χ0v) is 20.6. The quantitative estimate of drug-likeness (QED) is 0.137. The van der Waals surface area contributed by atoms with Gasteiger partial charge in [-0.2, -0.15) is 0 Å². The highest BCUT2D eigenvalue weighted by atomic mass is 32.2. The molecule has 0 saturated heterocycles. The number of hydrogen-bond acceptors (Lipinski definition) is 6. The number of nitro groups is 1. The molecule has 0 aromatic heterocycles. The van der Waals surface area contributed by atoms with Crippen LogP contribution in [0.25, 0.3) is 0 Å². The van der Waals surface area contributed by atoms with Gasteiger partial charge in [0, 0.05) is 34.0 Å². The first-order chi connectivity index (χ1) is 18.3. The summed E-state index contributed by atoms with van der Waals surface area (Å²) in [5, 5.41) is 25.1. The molecule has 3 N–H and O–H groups in total. The standard InChI is InChI=1S/C28H21N3O6S/c32-26(19-9-5-13-23(16-19)31(36)37)29-22-12-6-14-24(17-22)38-25(18-7-2-1-3-8-18)27(33)30-21-11-4-10-20(15-21)28(34)35/h1-17,25H,(H,29,32)(H,30,33)(H,34,35). The molecule has 38 heavy (non-hydrogen) atoms. The minimum absolute atomic E-state index is 0.0545. The van der Waals surface area contributed by atoms with Crippen molar-refractivity contribution in [2.24, 2.45) is 0 Å². The number of carbonyl (C=O) groups is 3. The molecule has 0 spiro atoms. The Labute approximate surface area is 221 Å². The summed E-state index contributed by atoms with van der Waals surface area (Å²) in [5.74, 6) is -1.96. The molecule has 1 unspecified atom stereocenters. The van der Waals surface area contributed by atoms with Gasteiger partial charge in [0.2, 0.25) is 5.91 Å². The van der Waals surface area contributed by atoms with Crippen LogP contribution in [0.15, 0.2) is 108 Å². The summed E-state index contributed by atoms with van der Waals surface area (Å²) >= 11 is 1.25. The van der Waals surface area contributed by atoms with Crippen LogP contribution in [-0.2, 0) is 4.79 Å². The predicted molar refractivity (Wildman–Crippen MR) is 145 cm³/mol. The molecule has 9 nitrogen and oxygen atoms in total. The Balaban J connectivity index is 1.54. The van der Waals surface area contributed by atoms with Crippen molar-refractivity contribution in [3.05, 3.63) is 130 Å². The van der Waals surface area contributed by atoms with Gasteiger partial charge < -0.3 is 15.7 Å². The molecule has 4 aromatic carbocycles. The minimum Gasteiger partial charge on any atom is -0.478 e. The van der Waals surface area contributed by atoms with Crippen LogP contribution in [0.2, 0.25) is 0 Å². The lowest BCUT2D eigenvalue weighted by Gasteiger charge is -2.18. The van der Waals surface area contributed by atoms with E-state index in [9.17, 15) is 29.6 Å². The van der Waals surface area contributed by atoms with Gasteiger partial charge in [0.05, 0.1) is 10.5 Å². The lowest BCUT2D eigenvalue weighted by molar-refractivity contribution is -0.384. The number of anilines is 2. The van der Waals surface area contributed by atoms with Crippen LogP contribution in [-0.4, -0.2) is 27.8 Å². The molecule has 190 valence electrons. The maximum atomic E-state index is 13.3. The Hall–Kier alpha value is -4.96. The van der Waals surface area contributed by atoms with E-state index in [2.05, 4.69) is 10.6 Å². The summed E-state index contributed by atoms with van der Waals surface area (Å²) in [4.78, 5) is 48.5. The molecule has 0 saturated carbocycles. The Morgan fingerprint density at radius 2 is 1.42 bits per heavy atom. The Kier molecular flexibility index (Phi) is 8.14. The van der Waals surface area contributed by atoms with E-state index < -0.39 is 22.0 Å². The third-order valence-corrected chi connectivity index (χ3v) is 6.63. The third-order valence-electron chi connectivity index (χ3n) is 5.38. The summed E-state index contributed by atoms with van der Waals surface area (Å²) < 4.78 is 0. The largest absolute Gasteiger partial charge is 0.478 e. The van der Waals surface area contributed by atoms with Crippen LogP contribution < -0.4 is 10.6 Å². The topological polar surface area (TPSA) is 139 Å². The molecule has 4 rings (SSSR count). The van der Waals surface area contributed by atoms with Gasteiger partial charge in [-0.25, -0.2) is 4.79 Å². The van der Waals surface area contributed by atoms with Gasteiger partial charge >= 0.3 is 5.97 Å². The smallest absolute Gasteiger partial charge is 0.335 e. The number of rotatable bonds is 9. The minimum atomic E-state index is -1.10. The maximum absolute atomic E-state index is 13.3. The second kappa shape index (κ2) is 11.8. The van der Waals surface area contributed by atoms with Crippen molar-refractivity contribution in [1.82, 2.24) is 0 Å². The zero-order chi connectivity index (χ0) is 27.1. The summed E-state index contributed by atoms with van der Waals surface area (Å²) in [6, 6.07) is 27.4. The van der Waals surface area contributed by atoms with Gasteiger partial charge in [-0.1, -0.05) is 48.5 Å². The molecule has 4 aromatic rings. The van der Waals surface area contributed by atoms with Crippen molar-refractivity contribution in [1.29, 1.82) is 0 Å². The molecular formula is C28H21N3O6S. The molecule has 0 bridgehead atoms. The fourth-order valence-electron chi connectivity index (χ4n) is 3.59. The first-order valence-electron chi connectivity index (χ1n) is 11.3. The average Bonchev–Trinajstić information content (AvgIpc) is 2.92. The van der Waals surface area contributed by atoms with E-state index >= 15 is 0 Å². The van der Waals surface area contributed by atoms with Crippen molar-refractivity contribution < 1.29 is 24.4 Å². The number of aromatic carboxylic acids is 1. The number of carboxylic acids is 1. The summed E-state index contributed by atoms with van der Waals surface area (Å²) in [5.41, 5.74) is 1.55. The van der Waals surface area contributed by atoms with Gasteiger partial charge in [0.15, 0.2) is 0 Å². The normalized spacial score (nSPS) is 11.3. The molecule has 1 atom stereocenters. The zero-order valence-electron chi connectivity index (χ0n) is 19.7. The van der Waals surface area contributed by atoms with E-state index in [1.807, 2.05) is 30.3 Å². The van der Waals surface area contributed by atoms with E-state index in [1.54, 1.807) is 36.4 Å². The number of nitrogens with zero attached hydrogens (tertiary/aromatic N) is 1. The highest BCUT2D eigenvalue weighted by Crippen LogP contribution is 2.37. The van der Waals surface area contributed by atoms with Gasteiger partial charge in [-0.15, -0.1) is 11.8 Å². The first kappa shape index (κ1) is 26.1. The average molecular weight is 528 g/mol. The highest BCUT2D eigenvalue weighted by Gasteiger charge is 2.23. The SMILES string of the molecule is O=C(O)c1cccc(NC(=O)C(Sc2cccc(NC(=O)c3cccc([N+](=O)[O-])c3)c2)c2ccccc2)c1. The number of non-ortho nitro benzene ring substituents is 1. The lowest BCUT2D eigenvalue weighted by atomic mass is 10.1. The van der Waals surface area contributed by atoms with Crippen LogP contribution in [0.5, 0.6) is 0 Å². The molecule has 0 radical (unpaired) electrons. The van der Waals surface area contributed by atoms with E-state index in [0.29, 0.717) is 16.3 Å². The van der Waals surface area contributed by atoms with E-state index in [0.717, 1.165) is 5.56 Å². The number of carbonyl (C=O) groups excluding carboxylic acids is 2. The molecule has 0 heterocycles. The van der Waals surface area contributed by atoms with Crippen molar-refractivity contribution in [3.63, 3.8) is 0 Å². The lowest BCUT2D eigenvalue weighted by Crippen LogP contribution is -2.19. The number of nitro benzene ring substituents is 1. The second-order valence-corrected chi connectivity index (χ2v) is 9.25. The highest BCUT2D eigenvalue weighted by molar-refractivity contribution is 8.00. The molecule has 0 aliphatic heterocycles. The van der Waals surface area contributed by atoms with Crippen LogP contribution in [0, 0.1) is 10.1 Å². The van der Waals surface area contributed by atoms with Crippen molar-refractivity contribution >= 4 is 46.6 Å². The molecule has 0 fully saturated rings. The monoisotopic (exact) mass is 527 g/mol. The Morgan fingerprint density at radius 1 is 0.763 bits per heavy atom. The van der Waals surface area contributed by atoms with Crippen LogP contribution in [0.1, 0.15) is 31.5 Å². The van der Waals surface area contributed by atoms with E-state index in [-0.39, 0.29) is 22.7 Å². The Morgan fingerprint density at radius 3 is 2.13 bits per heavy atom. The van der Waals surface area contributed by atoms with Gasteiger partial charge in [0.25, 0.3) is 11.6 Å². The number of benzene rings is 4. The predicted octanol–water partition coefficient (Wildman–Crippen LogP) is 6.02. The second-order valence-electron chi connectivity index (χ2n) is 8.07. The van der Waals surface area contributed by atoms with Gasteiger partial charge in [-0.05, 0) is 48.0 Å². The maximum Gasteiger partial charge on any atom is 0.335 e. The van der Waals surface area contributed by atoms with Gasteiger partial charge in [0.1, 0.15) is 5.25 Å². The number of thioether (sulfide) groups is 1. The third kappa shape index (κ3) is 6.62. The fourth-order valence-corrected chi connectivity index (χ4v) is 4.67. The number of amides is 2. The number of nitrogens with one attached hydrogen (secondary N) is 2. The van der Waals surface area contributed by atoms with Crippen LogP contribution >= 0.6 is 11.8 Å². The van der Waals surface area contributed by atoms with Crippen molar-refractivity contribution in [2.75, 3.05) is 10.6 Å². The molecular weight excluding hydrogens is 506 g/mol. The van der Waals surface area contributed by atoms with Crippen molar-refractivity contribution in [2.45, 2.75) is 10.1 Å². The van der Waals surface area contributed by atoms with Gasteiger partial charge in [-0.3, -0.25) is 19.7 Å². The summed E-state index contributed by atoms with van der Waals surface area (Å²) in [6.07, 6.45) is 0. The Bertz CT molecular complexity index is 1510. The van der Waals surface area contributed by atoms with E-state index in [1.165, 1.54) is 48.2 Å². The summed E-state index contributed by atoms with van der Waals surface area (Å²) in [7, 11) is 0. The molecule has 10 heteroatoms. The molecule has 0 aliphatic carbocycles. The first-order valence-corrected chi connectivity index (χ1v) is 12.2.